The lowest BCUT2D eigenvalue weighted by atomic mass is 10.1. The van der Waals surface area contributed by atoms with Crippen LogP contribution in [0.1, 0.15) is 41.5 Å². The van der Waals surface area contributed by atoms with E-state index in [9.17, 15) is 33.9 Å². The van der Waals surface area contributed by atoms with Gasteiger partial charge in [0.25, 0.3) is 5.91 Å². The maximum atomic E-state index is 13.0. The normalized spacial score (nSPS) is 11.1. The predicted molar refractivity (Wildman–Crippen MR) is 141 cm³/mol. The van der Waals surface area contributed by atoms with Crippen molar-refractivity contribution < 1.29 is 48.1 Å². The number of nitrogens with one attached hydrogen (secondary N) is 2. The average molecular weight is 816 g/mol. The third kappa shape index (κ3) is 8.47. The van der Waals surface area contributed by atoms with Gasteiger partial charge in [0.15, 0.2) is 6.10 Å². The standard InChI is InChI=1S/C19H19I3N2O10/c1-4-32-19(31)17(28)24-15-13(21)10(12(20)11(14(15)22)18(29)30)16(27)23-5-9(34-8(3)26)6-33-7(2)25/h9H,4-6H2,1-3H3,(H,23,27)(H,24,28)(H,29,30). The monoisotopic (exact) mass is 816 g/mol. The summed E-state index contributed by atoms with van der Waals surface area (Å²) in [5.74, 6) is -5.71. The van der Waals surface area contributed by atoms with Crippen LogP contribution in [0.5, 0.6) is 0 Å². The third-order valence-electron chi connectivity index (χ3n) is 3.75. The second-order valence-corrected chi connectivity index (χ2v) is 9.53. The van der Waals surface area contributed by atoms with Gasteiger partial charge >= 0.3 is 29.8 Å². The van der Waals surface area contributed by atoms with E-state index < -0.39 is 41.8 Å². The first-order chi connectivity index (χ1) is 15.8. The Bertz CT molecular complexity index is 1030. The van der Waals surface area contributed by atoms with E-state index >= 15 is 0 Å². The first-order valence-electron chi connectivity index (χ1n) is 9.32. The van der Waals surface area contributed by atoms with Crippen LogP contribution in [0, 0.1) is 10.7 Å². The summed E-state index contributed by atoms with van der Waals surface area (Å²) in [6.07, 6.45) is -0.994. The minimum absolute atomic E-state index is 0.0436. The van der Waals surface area contributed by atoms with E-state index in [2.05, 4.69) is 15.4 Å². The van der Waals surface area contributed by atoms with E-state index in [1.165, 1.54) is 13.8 Å². The molecule has 2 amide bonds. The quantitative estimate of drug-likeness (QED) is 0.145. The van der Waals surface area contributed by atoms with Crippen LogP contribution in [0.3, 0.4) is 0 Å². The van der Waals surface area contributed by atoms with Gasteiger partial charge in [0.05, 0.1) is 37.1 Å². The molecule has 0 aliphatic rings. The van der Waals surface area contributed by atoms with E-state index in [1.54, 1.807) is 67.8 Å². The van der Waals surface area contributed by atoms with Gasteiger partial charge in [0, 0.05) is 17.4 Å². The molecule has 1 aromatic carbocycles. The van der Waals surface area contributed by atoms with Crippen LogP contribution in [0.2, 0.25) is 0 Å². The molecule has 1 atom stereocenters. The molecule has 1 rings (SSSR count). The van der Waals surface area contributed by atoms with E-state index in [0.29, 0.717) is 0 Å². The molecule has 0 heterocycles. The lowest BCUT2D eigenvalue weighted by molar-refractivity contribution is -0.155. The summed E-state index contributed by atoms with van der Waals surface area (Å²) in [6, 6.07) is 0. The molecular formula is C19H19I3N2O10. The Labute approximate surface area is 234 Å². The lowest BCUT2D eigenvalue weighted by Gasteiger charge is -2.20. The number of aromatic carboxylic acids is 1. The second kappa shape index (κ2) is 14.0. The number of hydrogen-bond acceptors (Lipinski definition) is 9. The van der Waals surface area contributed by atoms with Crippen LogP contribution in [-0.4, -0.2) is 66.7 Å². The fourth-order valence-electron chi connectivity index (χ4n) is 2.40. The molecule has 0 aliphatic carbocycles. The summed E-state index contributed by atoms with van der Waals surface area (Å²) in [5.41, 5.74) is -0.409. The molecule has 0 radical (unpaired) electrons. The van der Waals surface area contributed by atoms with Crippen molar-refractivity contribution in [3.8, 4) is 0 Å². The van der Waals surface area contributed by atoms with Crippen LogP contribution in [0.15, 0.2) is 0 Å². The average Bonchev–Trinajstić information content (AvgIpc) is 2.72. The Morgan fingerprint density at radius 3 is 2.00 bits per heavy atom. The Morgan fingerprint density at radius 2 is 1.50 bits per heavy atom. The van der Waals surface area contributed by atoms with Crippen molar-refractivity contribution in [3.05, 3.63) is 21.8 Å². The minimum Gasteiger partial charge on any atom is -0.478 e. The first kappa shape index (κ1) is 30.3. The summed E-state index contributed by atoms with van der Waals surface area (Å²) in [7, 11) is 0. The van der Waals surface area contributed by atoms with E-state index in [4.69, 9.17) is 9.47 Å². The number of carboxylic acids is 1. The molecule has 0 spiro atoms. The van der Waals surface area contributed by atoms with E-state index in [-0.39, 0.29) is 47.3 Å². The van der Waals surface area contributed by atoms with Gasteiger partial charge in [-0.25, -0.2) is 9.59 Å². The van der Waals surface area contributed by atoms with Gasteiger partial charge in [-0.15, -0.1) is 0 Å². The van der Waals surface area contributed by atoms with Crippen LogP contribution in [0.4, 0.5) is 5.69 Å². The number of halogens is 3. The van der Waals surface area contributed by atoms with Crippen LogP contribution >= 0.6 is 67.8 Å². The molecule has 0 saturated heterocycles. The van der Waals surface area contributed by atoms with Crippen molar-refractivity contribution >= 4 is 109 Å². The molecule has 186 valence electrons. The minimum atomic E-state index is -1.36. The Balaban J connectivity index is 3.36. The van der Waals surface area contributed by atoms with Crippen LogP contribution < -0.4 is 10.6 Å². The number of ether oxygens (including phenoxy) is 3. The molecule has 0 aliphatic heterocycles. The summed E-state index contributed by atoms with van der Waals surface area (Å²) in [5, 5.41) is 14.5. The number of anilines is 1. The third-order valence-corrected chi connectivity index (χ3v) is 6.99. The SMILES string of the molecule is CCOC(=O)C(=O)Nc1c(I)c(C(=O)O)c(I)c(C(=O)NCC(COC(C)=O)OC(C)=O)c1I. The molecule has 1 aromatic rings. The second-order valence-electron chi connectivity index (χ2n) is 6.29. The molecule has 12 nitrogen and oxygen atoms in total. The molecule has 0 bridgehead atoms. The zero-order valence-electron chi connectivity index (χ0n) is 18.0. The fraction of sp³-hybridized carbons (Fsp3) is 0.368. The number of carbonyl (C=O) groups excluding carboxylic acids is 5. The van der Waals surface area contributed by atoms with Gasteiger partial charge < -0.3 is 30.0 Å². The number of esters is 3. The van der Waals surface area contributed by atoms with Crippen molar-refractivity contribution in [2.75, 3.05) is 25.1 Å². The number of rotatable bonds is 9. The summed E-state index contributed by atoms with van der Waals surface area (Å²) >= 11 is 5.13. The largest absolute Gasteiger partial charge is 0.478 e. The number of hydrogen-bond donors (Lipinski definition) is 3. The van der Waals surface area contributed by atoms with Gasteiger partial charge in [-0.05, 0) is 74.7 Å². The maximum Gasteiger partial charge on any atom is 0.397 e. The molecular weight excluding hydrogens is 797 g/mol. The van der Waals surface area contributed by atoms with Gasteiger partial charge in [-0.3, -0.25) is 19.2 Å². The van der Waals surface area contributed by atoms with Gasteiger partial charge in [0.2, 0.25) is 0 Å². The summed E-state index contributed by atoms with van der Waals surface area (Å²) < 4.78 is 14.8. The highest BCUT2D eigenvalue weighted by molar-refractivity contribution is 14.1. The highest BCUT2D eigenvalue weighted by Gasteiger charge is 2.30. The first-order valence-corrected chi connectivity index (χ1v) is 12.6. The molecule has 15 heteroatoms. The maximum absolute atomic E-state index is 13.0. The lowest BCUT2D eigenvalue weighted by Crippen LogP contribution is -2.38. The Morgan fingerprint density at radius 1 is 0.912 bits per heavy atom. The van der Waals surface area contributed by atoms with Crippen molar-refractivity contribution in [3.63, 3.8) is 0 Å². The highest BCUT2D eigenvalue weighted by atomic mass is 127. The number of amides is 2. The molecule has 0 aromatic heterocycles. The fourth-order valence-corrected chi connectivity index (χ4v) is 6.78. The predicted octanol–water partition coefficient (Wildman–Crippen LogP) is 1.92. The topological polar surface area (TPSA) is 174 Å². The smallest absolute Gasteiger partial charge is 0.397 e. The zero-order chi connectivity index (χ0) is 26.2. The van der Waals surface area contributed by atoms with E-state index in [1.807, 2.05) is 0 Å². The number of benzene rings is 1. The summed E-state index contributed by atoms with van der Waals surface area (Å²) in [6.45, 7) is 3.22. The van der Waals surface area contributed by atoms with Crippen molar-refractivity contribution in [1.29, 1.82) is 0 Å². The molecule has 3 N–H and O–H groups in total. The van der Waals surface area contributed by atoms with Crippen molar-refractivity contribution in [2.45, 2.75) is 26.9 Å². The van der Waals surface area contributed by atoms with Crippen molar-refractivity contribution in [1.82, 2.24) is 5.32 Å². The number of carboxylic acid groups (broad SMARTS) is 1. The Kier molecular flexibility index (Phi) is 12.4. The number of carbonyl (C=O) groups is 6. The van der Waals surface area contributed by atoms with Crippen LogP contribution in [0.25, 0.3) is 0 Å². The van der Waals surface area contributed by atoms with Gasteiger partial charge in [0.1, 0.15) is 6.61 Å². The molecule has 1 unspecified atom stereocenters. The van der Waals surface area contributed by atoms with Crippen LogP contribution in [-0.2, 0) is 33.4 Å². The molecule has 0 fully saturated rings. The zero-order valence-corrected chi connectivity index (χ0v) is 24.4. The molecule has 0 saturated carbocycles. The Hall–Kier alpha value is -1.77. The van der Waals surface area contributed by atoms with Gasteiger partial charge in [-0.1, -0.05) is 0 Å². The van der Waals surface area contributed by atoms with Crippen molar-refractivity contribution in [2.24, 2.45) is 0 Å². The summed E-state index contributed by atoms with van der Waals surface area (Å²) in [4.78, 5) is 71.2. The van der Waals surface area contributed by atoms with Gasteiger partial charge in [-0.2, -0.15) is 0 Å². The highest BCUT2D eigenvalue weighted by Crippen LogP contribution is 2.35. The molecule has 34 heavy (non-hydrogen) atoms. The van der Waals surface area contributed by atoms with E-state index in [0.717, 1.165) is 6.92 Å².